The van der Waals surface area contributed by atoms with Gasteiger partial charge in [-0.1, -0.05) is 29.3 Å². The number of nitrogens with two attached hydrogens (primary N) is 1. The first-order valence-corrected chi connectivity index (χ1v) is 9.57. The Bertz CT molecular complexity index is 1000. The predicted octanol–water partition coefficient (Wildman–Crippen LogP) is 3.97. The second-order valence-corrected chi connectivity index (χ2v) is 7.74. The largest absolute Gasteiger partial charge is 0.357 e. The number of benzene rings is 2. The van der Waals surface area contributed by atoms with Crippen molar-refractivity contribution in [2.45, 2.75) is 12.5 Å². The Hall–Kier alpha value is -2.05. The molecule has 1 aliphatic heterocycles. The third-order valence-corrected chi connectivity index (χ3v) is 5.38. The van der Waals surface area contributed by atoms with E-state index in [9.17, 15) is 4.79 Å². The molecule has 0 saturated carbocycles. The number of hydrogen-bond donors (Lipinski definition) is 3. The van der Waals surface area contributed by atoms with Gasteiger partial charge in [0.05, 0.1) is 6.54 Å². The average molecular weight is 403 g/mol. The van der Waals surface area contributed by atoms with Crippen molar-refractivity contribution in [1.82, 2.24) is 9.88 Å². The van der Waals surface area contributed by atoms with Crippen molar-refractivity contribution in [3.8, 4) is 0 Å². The molecular weight excluding hydrogens is 383 g/mol. The van der Waals surface area contributed by atoms with Crippen molar-refractivity contribution in [1.29, 1.82) is 0 Å². The van der Waals surface area contributed by atoms with Gasteiger partial charge in [-0.2, -0.15) is 0 Å². The Labute approximate surface area is 167 Å². The van der Waals surface area contributed by atoms with Gasteiger partial charge in [-0.25, -0.2) is 0 Å². The van der Waals surface area contributed by atoms with Crippen LogP contribution in [0.3, 0.4) is 0 Å². The number of aromatic amines is 1. The van der Waals surface area contributed by atoms with E-state index in [0.717, 1.165) is 23.1 Å². The van der Waals surface area contributed by atoms with Crippen LogP contribution in [0, 0.1) is 0 Å². The molecule has 140 valence electrons. The molecule has 27 heavy (non-hydrogen) atoms. The highest BCUT2D eigenvalue weighted by molar-refractivity contribution is 6.31. The minimum atomic E-state index is -0.0735. The first kappa shape index (κ1) is 18.3. The second-order valence-electron chi connectivity index (χ2n) is 6.87. The van der Waals surface area contributed by atoms with Crippen LogP contribution in [-0.2, 0) is 11.3 Å². The molecule has 1 aromatic heterocycles. The summed E-state index contributed by atoms with van der Waals surface area (Å²) in [6.45, 7) is 2.20. The first-order chi connectivity index (χ1) is 13.0. The number of carbonyl (C=O) groups is 1. The van der Waals surface area contributed by atoms with E-state index in [-0.39, 0.29) is 11.8 Å². The molecule has 0 saturated heterocycles. The number of amides is 1. The van der Waals surface area contributed by atoms with Gasteiger partial charge in [-0.05, 0) is 42.0 Å². The molecule has 3 aromatic rings. The lowest BCUT2D eigenvalue weighted by atomic mass is 9.92. The fraction of sp³-hybridized carbons (Fsp3) is 0.250. The summed E-state index contributed by atoms with van der Waals surface area (Å²) in [7, 11) is 0. The van der Waals surface area contributed by atoms with Crippen LogP contribution in [0.5, 0.6) is 0 Å². The van der Waals surface area contributed by atoms with Crippen molar-refractivity contribution in [3.05, 3.63) is 63.8 Å². The number of nitrogens with one attached hydrogen (secondary N) is 2. The fourth-order valence-electron chi connectivity index (χ4n) is 3.81. The molecule has 0 spiro atoms. The number of rotatable bonds is 4. The van der Waals surface area contributed by atoms with E-state index in [0.29, 0.717) is 35.4 Å². The quantitative estimate of drug-likeness (QED) is 0.617. The molecule has 1 aliphatic rings. The maximum Gasteiger partial charge on any atom is 0.238 e. The molecule has 2 heterocycles. The lowest BCUT2D eigenvalue weighted by Crippen LogP contribution is -2.40. The Balaban J connectivity index is 1.53. The van der Waals surface area contributed by atoms with Crippen LogP contribution in [0.2, 0.25) is 10.0 Å². The molecule has 1 amide bonds. The Kier molecular flexibility index (Phi) is 5.10. The third kappa shape index (κ3) is 3.82. The zero-order valence-corrected chi connectivity index (χ0v) is 16.1. The van der Waals surface area contributed by atoms with E-state index in [1.54, 1.807) is 12.1 Å². The summed E-state index contributed by atoms with van der Waals surface area (Å²) in [4.78, 5) is 18.0. The minimum Gasteiger partial charge on any atom is -0.357 e. The number of fused-ring (bicyclic) bond motifs is 3. The number of aromatic nitrogens is 1. The summed E-state index contributed by atoms with van der Waals surface area (Å²) in [6, 6.07) is 13.0. The summed E-state index contributed by atoms with van der Waals surface area (Å²) in [6.07, 6.45) is 0. The molecule has 4 rings (SSSR count). The van der Waals surface area contributed by atoms with Crippen molar-refractivity contribution in [2.24, 2.45) is 5.73 Å². The molecule has 7 heteroatoms. The van der Waals surface area contributed by atoms with Gasteiger partial charge in [0, 0.05) is 57.9 Å². The molecule has 1 unspecified atom stereocenters. The summed E-state index contributed by atoms with van der Waals surface area (Å²) < 4.78 is 0. The van der Waals surface area contributed by atoms with Crippen LogP contribution in [0.15, 0.2) is 42.5 Å². The van der Waals surface area contributed by atoms with Crippen LogP contribution >= 0.6 is 23.2 Å². The molecule has 0 bridgehead atoms. The normalized spacial score (nSPS) is 17.1. The number of H-pyrrole nitrogens is 1. The van der Waals surface area contributed by atoms with Gasteiger partial charge in [-0.3, -0.25) is 9.69 Å². The van der Waals surface area contributed by atoms with Gasteiger partial charge >= 0.3 is 0 Å². The molecule has 0 radical (unpaired) electrons. The second kappa shape index (κ2) is 7.52. The summed E-state index contributed by atoms with van der Waals surface area (Å²) in [5, 5.41) is 5.32. The van der Waals surface area contributed by atoms with E-state index in [4.69, 9.17) is 28.9 Å². The van der Waals surface area contributed by atoms with Crippen molar-refractivity contribution < 1.29 is 4.79 Å². The number of halogens is 2. The van der Waals surface area contributed by atoms with E-state index in [1.165, 1.54) is 5.56 Å². The van der Waals surface area contributed by atoms with Crippen molar-refractivity contribution in [3.63, 3.8) is 0 Å². The SMILES string of the molecule is NCC1CN(CC(=O)Nc2cccc(Cl)c2)Cc2[nH]c3ccc(Cl)cc3c21. The molecule has 2 aromatic carbocycles. The van der Waals surface area contributed by atoms with Gasteiger partial charge in [-0.15, -0.1) is 0 Å². The Morgan fingerprint density at radius 3 is 2.81 bits per heavy atom. The lowest BCUT2D eigenvalue weighted by Gasteiger charge is -2.32. The van der Waals surface area contributed by atoms with E-state index in [2.05, 4.69) is 15.2 Å². The number of nitrogens with zero attached hydrogens (tertiary/aromatic N) is 1. The summed E-state index contributed by atoms with van der Waals surface area (Å²) in [5.41, 5.74) is 10.1. The standard InChI is InChI=1S/C20H20Cl2N4O/c21-13-2-1-3-15(6-13)24-19(27)11-26-9-12(8-23)20-16-7-14(22)4-5-17(16)25-18(20)10-26/h1-7,12,25H,8-11,23H2,(H,24,27). The van der Waals surface area contributed by atoms with Crippen LogP contribution in [0.4, 0.5) is 5.69 Å². The molecule has 0 fully saturated rings. The number of anilines is 1. The monoisotopic (exact) mass is 402 g/mol. The van der Waals surface area contributed by atoms with Gasteiger partial charge in [0.25, 0.3) is 0 Å². The van der Waals surface area contributed by atoms with Gasteiger partial charge in [0.15, 0.2) is 0 Å². The number of hydrogen-bond acceptors (Lipinski definition) is 3. The van der Waals surface area contributed by atoms with Gasteiger partial charge < -0.3 is 16.0 Å². The topological polar surface area (TPSA) is 74.2 Å². The molecule has 0 aliphatic carbocycles. The zero-order valence-electron chi connectivity index (χ0n) is 14.6. The van der Waals surface area contributed by atoms with Gasteiger partial charge in [0.2, 0.25) is 5.91 Å². The van der Waals surface area contributed by atoms with Crippen LogP contribution in [0.25, 0.3) is 10.9 Å². The average Bonchev–Trinajstić information content (AvgIpc) is 2.98. The maximum atomic E-state index is 12.5. The molecule has 4 N–H and O–H groups in total. The fourth-order valence-corrected chi connectivity index (χ4v) is 4.17. The zero-order chi connectivity index (χ0) is 19.0. The van der Waals surface area contributed by atoms with Crippen LogP contribution in [0.1, 0.15) is 17.2 Å². The van der Waals surface area contributed by atoms with Gasteiger partial charge in [0.1, 0.15) is 0 Å². The third-order valence-electron chi connectivity index (χ3n) is 4.91. The van der Waals surface area contributed by atoms with Crippen LogP contribution < -0.4 is 11.1 Å². The summed E-state index contributed by atoms with van der Waals surface area (Å²) in [5.74, 6) is 0.0792. The van der Waals surface area contributed by atoms with E-state index < -0.39 is 0 Å². The van der Waals surface area contributed by atoms with Crippen molar-refractivity contribution >= 4 is 45.7 Å². The van der Waals surface area contributed by atoms with Crippen molar-refractivity contribution in [2.75, 3.05) is 25.0 Å². The maximum absolute atomic E-state index is 12.5. The highest BCUT2D eigenvalue weighted by Gasteiger charge is 2.29. The highest BCUT2D eigenvalue weighted by Crippen LogP contribution is 2.35. The summed E-state index contributed by atoms with van der Waals surface area (Å²) >= 11 is 12.2. The molecule has 5 nitrogen and oxygen atoms in total. The van der Waals surface area contributed by atoms with E-state index in [1.807, 2.05) is 30.3 Å². The molecular formula is C20H20Cl2N4O. The predicted molar refractivity (Wildman–Crippen MR) is 110 cm³/mol. The Morgan fingerprint density at radius 1 is 1.22 bits per heavy atom. The first-order valence-electron chi connectivity index (χ1n) is 8.81. The minimum absolute atomic E-state index is 0.0735. The number of carbonyl (C=O) groups excluding carboxylic acids is 1. The lowest BCUT2D eigenvalue weighted by molar-refractivity contribution is -0.117. The van der Waals surface area contributed by atoms with Crippen LogP contribution in [-0.4, -0.2) is 35.4 Å². The van der Waals surface area contributed by atoms with E-state index >= 15 is 0 Å². The highest BCUT2D eigenvalue weighted by atomic mass is 35.5. The Morgan fingerprint density at radius 2 is 2.04 bits per heavy atom. The smallest absolute Gasteiger partial charge is 0.238 e. The molecule has 1 atom stereocenters.